The van der Waals surface area contributed by atoms with Gasteiger partial charge >= 0.3 is 6.03 Å². The second-order valence-corrected chi connectivity index (χ2v) is 6.10. The predicted molar refractivity (Wildman–Crippen MR) is 103 cm³/mol. The van der Waals surface area contributed by atoms with Crippen LogP contribution in [0.3, 0.4) is 0 Å². The Balaban J connectivity index is 1.50. The van der Waals surface area contributed by atoms with Crippen molar-refractivity contribution < 1.29 is 9.18 Å². The van der Waals surface area contributed by atoms with Crippen molar-refractivity contribution in [3.05, 3.63) is 72.4 Å². The summed E-state index contributed by atoms with van der Waals surface area (Å²) in [6.45, 7) is 1.83. The minimum atomic E-state index is -0.507. The molecular formula is C20H16FN5O. The molecule has 6 nitrogen and oxygen atoms in total. The number of aromatic nitrogens is 3. The third-order valence-electron chi connectivity index (χ3n) is 4.15. The fourth-order valence-corrected chi connectivity index (χ4v) is 2.84. The molecule has 7 heteroatoms. The molecule has 2 aromatic carbocycles. The predicted octanol–water partition coefficient (Wildman–Crippen LogP) is 4.72. The fraction of sp³-hybridized carbons (Fsp3) is 0.0500. The van der Waals surface area contributed by atoms with Crippen molar-refractivity contribution in [2.75, 3.05) is 10.6 Å². The molecule has 2 heterocycles. The second-order valence-electron chi connectivity index (χ2n) is 6.10. The maximum Gasteiger partial charge on any atom is 0.323 e. The molecule has 0 fully saturated rings. The van der Waals surface area contributed by atoms with Crippen molar-refractivity contribution in [3.63, 3.8) is 0 Å². The molecule has 0 atom stereocenters. The zero-order chi connectivity index (χ0) is 18.8. The van der Waals surface area contributed by atoms with Crippen molar-refractivity contribution in [2.24, 2.45) is 0 Å². The number of carbonyl (C=O) groups is 1. The van der Waals surface area contributed by atoms with E-state index < -0.39 is 11.8 Å². The van der Waals surface area contributed by atoms with Crippen molar-refractivity contribution >= 4 is 28.6 Å². The van der Waals surface area contributed by atoms with E-state index in [9.17, 15) is 9.18 Å². The van der Waals surface area contributed by atoms with Crippen LogP contribution in [0.4, 0.5) is 20.6 Å². The highest BCUT2D eigenvalue weighted by Gasteiger charge is 2.09. The van der Waals surface area contributed by atoms with Gasteiger partial charge in [-0.1, -0.05) is 18.2 Å². The van der Waals surface area contributed by atoms with Gasteiger partial charge in [0.2, 0.25) is 0 Å². The number of nitrogens with zero attached hydrogens (tertiary/aromatic N) is 2. The highest BCUT2D eigenvalue weighted by atomic mass is 19.1. The Morgan fingerprint density at radius 3 is 2.67 bits per heavy atom. The lowest BCUT2D eigenvalue weighted by Gasteiger charge is -2.10. The third-order valence-corrected chi connectivity index (χ3v) is 4.15. The van der Waals surface area contributed by atoms with Gasteiger partial charge in [-0.25, -0.2) is 19.2 Å². The summed E-state index contributed by atoms with van der Waals surface area (Å²) in [6, 6.07) is 13.3. The number of benzene rings is 2. The SMILES string of the molecule is Cc1ccc(F)c(NC(=O)Nc2ccc(-c3ccnc4nc[nH]c34)cc2)c1. The molecule has 4 rings (SSSR count). The Hall–Kier alpha value is -3.74. The summed E-state index contributed by atoms with van der Waals surface area (Å²) in [5.74, 6) is -0.479. The lowest BCUT2D eigenvalue weighted by atomic mass is 10.1. The van der Waals surface area contributed by atoms with E-state index >= 15 is 0 Å². The van der Waals surface area contributed by atoms with E-state index in [0.717, 1.165) is 22.2 Å². The van der Waals surface area contributed by atoms with Crippen molar-refractivity contribution in [1.82, 2.24) is 15.0 Å². The first kappa shape index (κ1) is 16.7. The third kappa shape index (κ3) is 3.48. The number of fused-ring (bicyclic) bond motifs is 1. The largest absolute Gasteiger partial charge is 0.343 e. The van der Waals surface area contributed by atoms with E-state index in [2.05, 4.69) is 25.6 Å². The molecule has 0 aliphatic carbocycles. The van der Waals surface area contributed by atoms with Crippen molar-refractivity contribution in [3.8, 4) is 11.1 Å². The molecule has 0 saturated heterocycles. The molecule has 0 radical (unpaired) electrons. The van der Waals surface area contributed by atoms with Gasteiger partial charge in [0.25, 0.3) is 0 Å². The average Bonchev–Trinajstić information content (AvgIpc) is 3.14. The van der Waals surface area contributed by atoms with Gasteiger partial charge in [-0.3, -0.25) is 0 Å². The van der Waals surface area contributed by atoms with Gasteiger partial charge in [0, 0.05) is 17.4 Å². The number of nitrogens with one attached hydrogen (secondary N) is 3. The zero-order valence-corrected chi connectivity index (χ0v) is 14.5. The molecule has 4 aromatic rings. The first-order chi connectivity index (χ1) is 13.1. The quantitative estimate of drug-likeness (QED) is 0.494. The topological polar surface area (TPSA) is 82.7 Å². The monoisotopic (exact) mass is 361 g/mol. The van der Waals surface area contributed by atoms with Gasteiger partial charge in [-0.05, 0) is 48.4 Å². The van der Waals surface area contributed by atoms with Gasteiger partial charge in [0.1, 0.15) is 5.82 Å². The van der Waals surface area contributed by atoms with E-state index in [1.807, 2.05) is 25.1 Å². The number of hydrogen-bond acceptors (Lipinski definition) is 3. The minimum absolute atomic E-state index is 0.141. The lowest BCUT2D eigenvalue weighted by molar-refractivity contribution is 0.262. The summed E-state index contributed by atoms with van der Waals surface area (Å²) in [5, 5.41) is 5.22. The van der Waals surface area contributed by atoms with Gasteiger partial charge in [0.05, 0.1) is 17.5 Å². The minimum Gasteiger partial charge on any atom is -0.343 e. The van der Waals surface area contributed by atoms with Crippen LogP contribution in [0.2, 0.25) is 0 Å². The summed E-state index contributed by atoms with van der Waals surface area (Å²) in [7, 11) is 0. The maximum absolute atomic E-state index is 13.8. The molecule has 2 amide bonds. The maximum atomic E-state index is 13.8. The number of H-pyrrole nitrogens is 1. The number of urea groups is 1. The Morgan fingerprint density at radius 2 is 1.85 bits per heavy atom. The number of pyridine rings is 1. The van der Waals surface area contributed by atoms with Crippen molar-refractivity contribution in [2.45, 2.75) is 6.92 Å². The molecule has 134 valence electrons. The molecule has 0 spiro atoms. The van der Waals surface area contributed by atoms with E-state index in [1.165, 1.54) is 6.07 Å². The van der Waals surface area contributed by atoms with Crippen LogP contribution in [0.5, 0.6) is 0 Å². The second kappa shape index (κ2) is 6.87. The van der Waals surface area contributed by atoms with Gasteiger partial charge < -0.3 is 15.6 Å². The number of halogens is 1. The highest BCUT2D eigenvalue weighted by molar-refractivity contribution is 6.00. The van der Waals surface area contributed by atoms with Crippen LogP contribution in [-0.2, 0) is 0 Å². The molecule has 0 unspecified atom stereocenters. The number of carbonyl (C=O) groups excluding carboxylic acids is 1. The van der Waals surface area contributed by atoms with Crippen LogP contribution in [0.25, 0.3) is 22.3 Å². The van der Waals surface area contributed by atoms with Crippen LogP contribution >= 0.6 is 0 Å². The molecule has 0 saturated carbocycles. The Morgan fingerprint density at radius 1 is 1.04 bits per heavy atom. The Labute approximate surface area is 154 Å². The smallest absolute Gasteiger partial charge is 0.323 e. The van der Waals surface area contributed by atoms with Crippen LogP contribution in [0.15, 0.2) is 61.1 Å². The average molecular weight is 361 g/mol. The molecule has 0 bridgehead atoms. The van der Waals surface area contributed by atoms with Gasteiger partial charge in [0.15, 0.2) is 5.65 Å². The summed E-state index contributed by atoms with van der Waals surface area (Å²) in [5.41, 5.74) is 5.03. The molecule has 2 aromatic heterocycles. The lowest BCUT2D eigenvalue weighted by Crippen LogP contribution is -2.20. The van der Waals surface area contributed by atoms with E-state index in [4.69, 9.17) is 0 Å². The Kier molecular flexibility index (Phi) is 4.25. The van der Waals surface area contributed by atoms with Gasteiger partial charge in [-0.15, -0.1) is 0 Å². The summed E-state index contributed by atoms with van der Waals surface area (Å²) in [4.78, 5) is 23.6. The van der Waals surface area contributed by atoms with E-state index in [1.54, 1.807) is 36.8 Å². The number of rotatable bonds is 3. The molecule has 0 aliphatic rings. The number of anilines is 2. The van der Waals surface area contributed by atoms with E-state index in [-0.39, 0.29) is 5.69 Å². The van der Waals surface area contributed by atoms with Crippen molar-refractivity contribution in [1.29, 1.82) is 0 Å². The first-order valence-corrected chi connectivity index (χ1v) is 8.33. The number of aryl methyl sites for hydroxylation is 1. The molecule has 3 N–H and O–H groups in total. The van der Waals surface area contributed by atoms with Crippen LogP contribution in [0.1, 0.15) is 5.56 Å². The molecule has 0 aliphatic heterocycles. The number of hydrogen-bond donors (Lipinski definition) is 3. The molecular weight excluding hydrogens is 345 g/mol. The number of amides is 2. The molecule has 27 heavy (non-hydrogen) atoms. The fourth-order valence-electron chi connectivity index (χ4n) is 2.84. The first-order valence-electron chi connectivity index (χ1n) is 8.33. The van der Waals surface area contributed by atoms with Crippen LogP contribution < -0.4 is 10.6 Å². The number of imidazole rings is 1. The summed E-state index contributed by atoms with van der Waals surface area (Å²) < 4.78 is 13.8. The van der Waals surface area contributed by atoms with E-state index in [0.29, 0.717) is 11.3 Å². The zero-order valence-electron chi connectivity index (χ0n) is 14.5. The summed E-state index contributed by atoms with van der Waals surface area (Å²) in [6.07, 6.45) is 3.31. The van der Waals surface area contributed by atoms with Gasteiger partial charge in [-0.2, -0.15) is 0 Å². The standard InChI is InChI=1S/C20H16FN5O/c1-12-2-7-16(21)17(10-12)26-20(27)25-14-5-3-13(4-6-14)15-8-9-22-19-18(15)23-11-24-19/h2-11H,1H3,(H,22,23,24)(H2,25,26,27). The number of aromatic amines is 1. The summed E-state index contributed by atoms with van der Waals surface area (Å²) >= 11 is 0. The normalized spacial score (nSPS) is 10.7. The Bertz CT molecular complexity index is 1120. The highest BCUT2D eigenvalue weighted by Crippen LogP contribution is 2.26. The van der Waals surface area contributed by atoms with Crippen LogP contribution in [0, 0.1) is 12.7 Å². The van der Waals surface area contributed by atoms with Crippen LogP contribution in [-0.4, -0.2) is 21.0 Å².